The molecule has 0 aromatic rings. The number of carbonyl (C=O) groups is 8. The lowest BCUT2D eigenvalue weighted by molar-refractivity contribution is -0.144. The van der Waals surface area contributed by atoms with Crippen molar-refractivity contribution in [3.63, 3.8) is 0 Å². The summed E-state index contributed by atoms with van der Waals surface area (Å²) in [5.74, 6) is -2.77. The Morgan fingerprint density at radius 1 is 0.576 bits per heavy atom. The van der Waals surface area contributed by atoms with Crippen LogP contribution in [0.1, 0.15) is 148 Å². The van der Waals surface area contributed by atoms with Gasteiger partial charge in [0.25, 0.3) is 11.8 Å². The van der Waals surface area contributed by atoms with E-state index < -0.39 is 11.9 Å². The second-order valence-corrected chi connectivity index (χ2v) is 15.1. The normalized spacial score (nSPS) is 12.9. The van der Waals surface area contributed by atoms with Crippen LogP contribution in [0.4, 0.5) is 0 Å². The van der Waals surface area contributed by atoms with Crippen molar-refractivity contribution in [3.05, 3.63) is 12.2 Å². The number of amides is 3. The predicted octanol–water partition coefficient (Wildman–Crippen LogP) is 5.67. The molecule has 15 nitrogen and oxygen atoms in total. The fraction of sp³-hybridized carbons (Fsp3) is 0.773. The quantitative estimate of drug-likeness (QED) is 0.0431. The number of ketones is 3. The second kappa shape index (κ2) is 37.3. The maximum absolute atomic E-state index is 12.5. The van der Waals surface area contributed by atoms with Crippen LogP contribution in [0.2, 0.25) is 0 Å². The van der Waals surface area contributed by atoms with E-state index in [-0.39, 0.29) is 93.9 Å². The Bertz CT molecular complexity index is 1240. The number of aliphatic carboxylic acids is 1. The summed E-state index contributed by atoms with van der Waals surface area (Å²) in [4.78, 5) is 94.7. The largest absolute Gasteiger partial charge is 0.481 e. The van der Waals surface area contributed by atoms with E-state index in [1.54, 1.807) is 0 Å². The summed E-state index contributed by atoms with van der Waals surface area (Å²) in [7, 11) is 0. The van der Waals surface area contributed by atoms with Gasteiger partial charge in [-0.25, -0.2) is 0 Å². The molecule has 0 saturated carbocycles. The molecule has 0 spiro atoms. The first-order valence-electron chi connectivity index (χ1n) is 22.0. The monoisotopic (exact) mass is 837 g/mol. The highest BCUT2D eigenvalue weighted by Gasteiger charge is 2.23. The minimum atomic E-state index is -1.07. The molecular formula is C44H72N2O13. The number of carbonyl (C=O) groups excluding carboxylic acids is 7. The topological polar surface area (TPSA) is 209 Å². The third-order valence-corrected chi connectivity index (χ3v) is 9.95. The van der Waals surface area contributed by atoms with Gasteiger partial charge < -0.3 is 34.2 Å². The van der Waals surface area contributed by atoms with Crippen LogP contribution >= 0.6 is 0 Å². The van der Waals surface area contributed by atoms with Crippen molar-refractivity contribution in [1.29, 1.82) is 0 Å². The van der Waals surface area contributed by atoms with Gasteiger partial charge in [-0.15, -0.1) is 0 Å². The summed E-state index contributed by atoms with van der Waals surface area (Å²) >= 11 is 0. The summed E-state index contributed by atoms with van der Waals surface area (Å²) in [5, 5.41) is 12.3. The average Bonchev–Trinajstić information content (AvgIpc) is 3.53. The summed E-state index contributed by atoms with van der Waals surface area (Å²) in [6.45, 7) is 2.42. The smallest absolute Gasteiger partial charge is 0.306 e. The molecule has 1 aliphatic heterocycles. The highest BCUT2D eigenvalue weighted by atomic mass is 16.5. The van der Waals surface area contributed by atoms with Crippen molar-refractivity contribution < 1.29 is 62.4 Å². The van der Waals surface area contributed by atoms with Gasteiger partial charge in [-0.05, 0) is 32.1 Å². The van der Waals surface area contributed by atoms with Gasteiger partial charge in [-0.3, -0.25) is 38.5 Å². The van der Waals surface area contributed by atoms with E-state index in [0.29, 0.717) is 71.2 Å². The number of unbranched alkanes of at least 4 members (excludes halogenated alkanes) is 13. The first kappa shape index (κ1) is 53.4. The molecule has 1 heterocycles. The van der Waals surface area contributed by atoms with Crippen LogP contribution in [0.5, 0.6) is 0 Å². The molecule has 0 unspecified atom stereocenters. The van der Waals surface area contributed by atoms with Crippen LogP contribution in [0.3, 0.4) is 0 Å². The Balaban J connectivity index is 1.89. The number of aldehydes is 1. The van der Waals surface area contributed by atoms with E-state index in [9.17, 15) is 43.5 Å². The maximum atomic E-state index is 12.5. The summed E-state index contributed by atoms with van der Waals surface area (Å²) in [5.41, 5.74) is 0. The second-order valence-electron chi connectivity index (χ2n) is 15.1. The van der Waals surface area contributed by atoms with Crippen LogP contribution in [0.15, 0.2) is 12.2 Å². The van der Waals surface area contributed by atoms with E-state index in [1.807, 2.05) is 0 Å². The highest BCUT2D eigenvalue weighted by molar-refractivity contribution is 6.12. The predicted molar refractivity (Wildman–Crippen MR) is 221 cm³/mol. The van der Waals surface area contributed by atoms with E-state index in [0.717, 1.165) is 44.9 Å². The zero-order valence-corrected chi connectivity index (χ0v) is 35.4. The van der Waals surface area contributed by atoms with Crippen LogP contribution < -0.4 is 5.32 Å². The molecule has 0 fully saturated rings. The van der Waals surface area contributed by atoms with Crippen LogP contribution in [-0.4, -0.2) is 123 Å². The molecule has 336 valence electrons. The van der Waals surface area contributed by atoms with E-state index in [1.165, 1.54) is 62.0 Å². The summed E-state index contributed by atoms with van der Waals surface area (Å²) in [6, 6.07) is 0. The molecule has 1 rings (SSSR count). The van der Waals surface area contributed by atoms with Crippen LogP contribution in [0.25, 0.3) is 0 Å². The number of carboxylic acid groups (broad SMARTS) is 1. The number of Topliss-reactive ketones (excluding diaryl/α,β-unsaturated/α-hetero) is 3. The number of hydrogen-bond donors (Lipinski definition) is 2. The standard InChI is InChI=1S/C44H72N2O13/c47-27-30-58-32-31-56-28-16-20-40(50)36-59-34-33-57-29-25-45-41(51)22-21-37(44(54)55)35-39(49)18-14-12-10-8-6-4-2-1-3-5-7-9-11-13-17-38(48)19-15-26-46-42(52)23-24-43(46)53/h23-24,27,37H,1-22,25-26,28-36H2,(H,45,51)(H,54,55)/t37-/m1/s1. The zero-order chi connectivity index (χ0) is 43.2. The van der Waals surface area contributed by atoms with Gasteiger partial charge in [0.15, 0.2) is 5.78 Å². The average molecular weight is 837 g/mol. The van der Waals surface area contributed by atoms with E-state index in [4.69, 9.17) is 18.9 Å². The van der Waals surface area contributed by atoms with Gasteiger partial charge >= 0.3 is 5.97 Å². The molecule has 2 N–H and O–H groups in total. The van der Waals surface area contributed by atoms with E-state index in [2.05, 4.69) is 5.32 Å². The molecule has 0 aromatic carbocycles. The number of ether oxygens (including phenoxy) is 4. The van der Waals surface area contributed by atoms with Crippen molar-refractivity contribution in [2.45, 2.75) is 148 Å². The van der Waals surface area contributed by atoms with Crippen LogP contribution in [0, 0.1) is 5.92 Å². The Labute approximate surface area is 351 Å². The van der Waals surface area contributed by atoms with E-state index >= 15 is 0 Å². The summed E-state index contributed by atoms with van der Waals surface area (Å²) < 4.78 is 21.0. The molecule has 15 heteroatoms. The molecule has 3 amide bonds. The van der Waals surface area contributed by atoms with Gasteiger partial charge in [-0.1, -0.05) is 77.0 Å². The number of nitrogens with one attached hydrogen (secondary N) is 1. The third kappa shape index (κ3) is 31.9. The SMILES string of the molecule is O=CCOCCOCCCC(=O)COCCOCCNC(=O)CC[C@H](CC(=O)CCCCCCCCCCCCCCCCC(=O)CCCN1C(=O)C=CC1=O)C(=O)O. The lowest BCUT2D eigenvalue weighted by Gasteiger charge is -2.12. The molecule has 1 aliphatic rings. The van der Waals surface area contributed by atoms with Crippen molar-refractivity contribution in [3.8, 4) is 0 Å². The fourth-order valence-corrected chi connectivity index (χ4v) is 6.52. The molecule has 0 radical (unpaired) electrons. The molecule has 0 aliphatic carbocycles. The van der Waals surface area contributed by atoms with Gasteiger partial charge in [0, 0.05) is 70.4 Å². The lowest BCUT2D eigenvalue weighted by Crippen LogP contribution is -2.31. The highest BCUT2D eigenvalue weighted by Crippen LogP contribution is 2.17. The van der Waals surface area contributed by atoms with Crippen LogP contribution in [-0.2, 0) is 57.3 Å². The number of carboxylic acids is 1. The van der Waals surface area contributed by atoms with Crippen molar-refractivity contribution in [2.75, 3.05) is 65.9 Å². The Morgan fingerprint density at radius 2 is 1.07 bits per heavy atom. The number of nitrogens with zero attached hydrogens (tertiary/aromatic N) is 1. The zero-order valence-electron chi connectivity index (χ0n) is 35.4. The third-order valence-electron chi connectivity index (χ3n) is 9.95. The van der Waals surface area contributed by atoms with Crippen molar-refractivity contribution >= 4 is 47.3 Å². The molecule has 59 heavy (non-hydrogen) atoms. The fourth-order valence-electron chi connectivity index (χ4n) is 6.52. The lowest BCUT2D eigenvalue weighted by atomic mass is 9.94. The van der Waals surface area contributed by atoms with Gasteiger partial charge in [-0.2, -0.15) is 0 Å². The van der Waals surface area contributed by atoms with Crippen molar-refractivity contribution in [1.82, 2.24) is 10.2 Å². The molecule has 1 atom stereocenters. The van der Waals surface area contributed by atoms with Gasteiger partial charge in [0.2, 0.25) is 5.91 Å². The Morgan fingerprint density at radius 3 is 1.64 bits per heavy atom. The molecule has 0 saturated heterocycles. The number of hydrogen-bond acceptors (Lipinski definition) is 12. The minimum Gasteiger partial charge on any atom is -0.481 e. The van der Waals surface area contributed by atoms with Gasteiger partial charge in [0.05, 0.1) is 39.0 Å². The number of rotatable bonds is 44. The minimum absolute atomic E-state index is 0.00892. The summed E-state index contributed by atoms with van der Waals surface area (Å²) in [6.07, 6.45) is 21.5. The molecular weight excluding hydrogens is 764 g/mol. The first-order chi connectivity index (χ1) is 28.6. The van der Waals surface area contributed by atoms with Crippen molar-refractivity contribution in [2.24, 2.45) is 5.92 Å². The van der Waals surface area contributed by atoms with Gasteiger partial charge in [0.1, 0.15) is 31.1 Å². The number of imide groups is 1. The maximum Gasteiger partial charge on any atom is 0.306 e. The first-order valence-corrected chi connectivity index (χ1v) is 22.0. The molecule has 0 bridgehead atoms. The Kier molecular flexibility index (Phi) is 33.8. The molecule has 0 aromatic heterocycles. The Hall–Kier alpha value is -3.66.